The molecule has 0 unspecified atom stereocenters. The first-order valence-electron chi connectivity index (χ1n) is 9.98. The number of carbonyl (C=O) groups excluding carboxylic acids is 2. The molecule has 0 aliphatic heterocycles. The summed E-state index contributed by atoms with van der Waals surface area (Å²) >= 11 is 0. The van der Waals surface area contributed by atoms with E-state index in [1.807, 2.05) is 43.3 Å². The Bertz CT molecular complexity index is 1120. The molecule has 0 saturated carbocycles. The molecule has 5 heteroatoms. The molecule has 0 amide bonds. The number of phenolic OH excluding ortho intramolecular Hbond substituents is 1. The average Bonchev–Trinajstić information content (AvgIpc) is 2.81. The maximum absolute atomic E-state index is 12.2. The van der Waals surface area contributed by atoms with Crippen molar-refractivity contribution in [1.29, 1.82) is 0 Å². The molecule has 0 aliphatic rings. The third-order valence-electron chi connectivity index (χ3n) is 4.85. The van der Waals surface area contributed by atoms with Gasteiger partial charge in [-0.15, -0.1) is 0 Å². The molecule has 5 nitrogen and oxygen atoms in total. The SMILES string of the molecule is Cc1ccc(C(=O)Oc2ccc(-c3ccc(OC(=O)c4ccc(O)cc4)cc3)cc2)cc1. The van der Waals surface area contributed by atoms with Crippen molar-refractivity contribution in [2.75, 3.05) is 0 Å². The second-order valence-corrected chi connectivity index (χ2v) is 7.24. The van der Waals surface area contributed by atoms with E-state index in [1.165, 1.54) is 24.3 Å². The van der Waals surface area contributed by atoms with Crippen LogP contribution in [-0.2, 0) is 0 Å². The highest BCUT2D eigenvalue weighted by molar-refractivity contribution is 5.91. The van der Waals surface area contributed by atoms with Crippen LogP contribution in [0.5, 0.6) is 17.2 Å². The van der Waals surface area contributed by atoms with Crippen LogP contribution >= 0.6 is 0 Å². The molecule has 158 valence electrons. The number of esters is 2. The van der Waals surface area contributed by atoms with Gasteiger partial charge in [0.25, 0.3) is 0 Å². The van der Waals surface area contributed by atoms with E-state index in [9.17, 15) is 14.7 Å². The Morgan fingerprint density at radius 1 is 0.562 bits per heavy atom. The summed E-state index contributed by atoms with van der Waals surface area (Å²) in [6.45, 7) is 1.96. The van der Waals surface area contributed by atoms with Crippen LogP contribution in [-0.4, -0.2) is 17.0 Å². The summed E-state index contributed by atoms with van der Waals surface area (Å²) < 4.78 is 10.8. The van der Waals surface area contributed by atoms with E-state index in [-0.39, 0.29) is 5.75 Å². The topological polar surface area (TPSA) is 72.8 Å². The van der Waals surface area contributed by atoms with E-state index in [4.69, 9.17) is 9.47 Å². The predicted octanol–water partition coefficient (Wildman–Crippen LogP) is 5.81. The van der Waals surface area contributed by atoms with Gasteiger partial charge in [-0.1, -0.05) is 42.0 Å². The molecule has 0 heterocycles. The summed E-state index contributed by atoms with van der Waals surface area (Å²) in [5.41, 5.74) is 3.77. The van der Waals surface area contributed by atoms with Gasteiger partial charge >= 0.3 is 11.9 Å². The minimum Gasteiger partial charge on any atom is -0.508 e. The number of carbonyl (C=O) groups is 2. The van der Waals surface area contributed by atoms with Gasteiger partial charge in [0, 0.05) is 0 Å². The van der Waals surface area contributed by atoms with Crippen LogP contribution in [0.2, 0.25) is 0 Å². The molecule has 0 saturated heterocycles. The van der Waals surface area contributed by atoms with Crippen molar-refractivity contribution < 1.29 is 24.2 Å². The highest BCUT2D eigenvalue weighted by Crippen LogP contribution is 2.25. The summed E-state index contributed by atoms with van der Waals surface area (Å²) in [6.07, 6.45) is 0. The molecule has 1 N–H and O–H groups in total. The van der Waals surface area contributed by atoms with E-state index in [0.717, 1.165) is 16.7 Å². The van der Waals surface area contributed by atoms with Gasteiger partial charge in [-0.3, -0.25) is 0 Å². The normalized spacial score (nSPS) is 10.4. The van der Waals surface area contributed by atoms with Gasteiger partial charge in [0.1, 0.15) is 17.2 Å². The van der Waals surface area contributed by atoms with Crippen molar-refractivity contribution in [1.82, 2.24) is 0 Å². The quantitative estimate of drug-likeness (QED) is 0.323. The van der Waals surface area contributed by atoms with Crippen LogP contribution in [0.3, 0.4) is 0 Å². The molecule has 0 aromatic heterocycles. The molecule has 0 fully saturated rings. The summed E-state index contributed by atoms with van der Waals surface area (Å²) in [5.74, 6) is 0.0473. The fourth-order valence-electron chi connectivity index (χ4n) is 3.05. The number of phenols is 1. The zero-order valence-corrected chi connectivity index (χ0v) is 17.3. The fraction of sp³-hybridized carbons (Fsp3) is 0.0370. The molecule has 0 atom stereocenters. The van der Waals surface area contributed by atoms with Crippen LogP contribution in [0.4, 0.5) is 0 Å². The minimum absolute atomic E-state index is 0.0850. The largest absolute Gasteiger partial charge is 0.508 e. The highest BCUT2D eigenvalue weighted by Gasteiger charge is 2.10. The van der Waals surface area contributed by atoms with Gasteiger partial charge in [0.05, 0.1) is 11.1 Å². The Hall–Kier alpha value is -4.38. The summed E-state index contributed by atoms with van der Waals surface area (Å²) in [5, 5.41) is 9.31. The second kappa shape index (κ2) is 9.18. The Kier molecular flexibility index (Phi) is 5.99. The van der Waals surface area contributed by atoms with Crippen LogP contribution in [0, 0.1) is 6.92 Å². The molecular weight excluding hydrogens is 404 g/mol. The number of benzene rings is 4. The Morgan fingerprint density at radius 3 is 1.34 bits per heavy atom. The Morgan fingerprint density at radius 2 is 0.938 bits per heavy atom. The third kappa shape index (κ3) is 5.02. The van der Waals surface area contributed by atoms with Gasteiger partial charge in [-0.2, -0.15) is 0 Å². The monoisotopic (exact) mass is 424 g/mol. The number of hydrogen-bond donors (Lipinski definition) is 1. The molecule has 0 spiro atoms. The molecule has 32 heavy (non-hydrogen) atoms. The third-order valence-corrected chi connectivity index (χ3v) is 4.85. The van der Waals surface area contributed by atoms with E-state index >= 15 is 0 Å². The van der Waals surface area contributed by atoms with E-state index < -0.39 is 11.9 Å². The molecule has 0 aliphatic carbocycles. The highest BCUT2D eigenvalue weighted by atomic mass is 16.5. The smallest absolute Gasteiger partial charge is 0.343 e. The van der Waals surface area contributed by atoms with Crippen LogP contribution in [0.1, 0.15) is 26.3 Å². The van der Waals surface area contributed by atoms with Gasteiger partial charge in [0.2, 0.25) is 0 Å². The Balaban J connectivity index is 1.39. The van der Waals surface area contributed by atoms with Crippen molar-refractivity contribution in [3.05, 3.63) is 114 Å². The average molecular weight is 424 g/mol. The number of ether oxygens (including phenoxy) is 2. The minimum atomic E-state index is -0.502. The van der Waals surface area contributed by atoms with E-state index in [1.54, 1.807) is 36.4 Å². The van der Waals surface area contributed by atoms with E-state index in [0.29, 0.717) is 22.6 Å². The van der Waals surface area contributed by atoms with Gasteiger partial charge in [-0.25, -0.2) is 9.59 Å². The van der Waals surface area contributed by atoms with Crippen LogP contribution in [0.25, 0.3) is 11.1 Å². The van der Waals surface area contributed by atoms with Crippen molar-refractivity contribution >= 4 is 11.9 Å². The van der Waals surface area contributed by atoms with Crippen LogP contribution < -0.4 is 9.47 Å². The first-order chi connectivity index (χ1) is 15.5. The lowest BCUT2D eigenvalue weighted by Gasteiger charge is -2.08. The second-order valence-electron chi connectivity index (χ2n) is 7.24. The number of rotatable bonds is 5. The van der Waals surface area contributed by atoms with Gasteiger partial charge < -0.3 is 14.6 Å². The van der Waals surface area contributed by atoms with Crippen molar-refractivity contribution in [3.8, 4) is 28.4 Å². The number of aryl methyl sites for hydroxylation is 1. The van der Waals surface area contributed by atoms with Gasteiger partial charge in [-0.05, 0) is 78.7 Å². The lowest BCUT2D eigenvalue weighted by atomic mass is 10.1. The molecule has 4 aromatic carbocycles. The molecular formula is C27H20O5. The zero-order chi connectivity index (χ0) is 22.5. The summed E-state index contributed by atoms with van der Waals surface area (Å²) in [6, 6.07) is 27.4. The first kappa shape index (κ1) is 20.9. The predicted molar refractivity (Wildman–Crippen MR) is 121 cm³/mol. The first-order valence-corrected chi connectivity index (χ1v) is 9.98. The lowest BCUT2D eigenvalue weighted by molar-refractivity contribution is 0.0725. The number of hydrogen-bond acceptors (Lipinski definition) is 5. The van der Waals surface area contributed by atoms with Crippen molar-refractivity contribution in [2.45, 2.75) is 6.92 Å². The lowest BCUT2D eigenvalue weighted by Crippen LogP contribution is -2.08. The molecule has 0 bridgehead atoms. The summed E-state index contributed by atoms with van der Waals surface area (Å²) in [7, 11) is 0. The summed E-state index contributed by atoms with van der Waals surface area (Å²) in [4.78, 5) is 24.4. The Labute approximate surface area is 185 Å². The number of aromatic hydroxyl groups is 1. The maximum atomic E-state index is 12.2. The standard InChI is InChI=1S/C27H20O5/c1-18-2-4-21(5-3-18)26(29)31-24-14-8-19(9-15-24)20-10-16-25(17-11-20)32-27(30)22-6-12-23(28)13-7-22/h2-17,28H,1H3. The van der Waals surface area contributed by atoms with Crippen molar-refractivity contribution in [3.63, 3.8) is 0 Å². The molecule has 4 aromatic rings. The van der Waals surface area contributed by atoms with Crippen LogP contribution in [0.15, 0.2) is 97.1 Å². The molecule has 4 rings (SSSR count). The van der Waals surface area contributed by atoms with E-state index in [2.05, 4.69) is 0 Å². The fourth-order valence-corrected chi connectivity index (χ4v) is 3.05. The zero-order valence-electron chi connectivity index (χ0n) is 17.3. The van der Waals surface area contributed by atoms with Crippen molar-refractivity contribution in [2.24, 2.45) is 0 Å². The molecule has 0 radical (unpaired) electrons. The van der Waals surface area contributed by atoms with Gasteiger partial charge in [0.15, 0.2) is 0 Å². The maximum Gasteiger partial charge on any atom is 0.343 e.